The molecule has 0 saturated carbocycles. The summed E-state index contributed by atoms with van der Waals surface area (Å²) in [5, 5.41) is 5.33. The third kappa shape index (κ3) is 3.96. The van der Waals surface area contributed by atoms with E-state index in [2.05, 4.69) is 168 Å². The molecule has 3 aliphatic heterocycles. The maximum Gasteiger partial charge on any atom is 0.252 e. The van der Waals surface area contributed by atoms with Crippen molar-refractivity contribution in [2.45, 2.75) is 0 Å². The topological polar surface area (TPSA) is 6.48 Å². The summed E-state index contributed by atoms with van der Waals surface area (Å²) in [6, 6.07) is 64.9. The van der Waals surface area contributed by atoms with E-state index in [0.29, 0.717) is 11.4 Å². The lowest BCUT2D eigenvalue weighted by atomic mass is 9.33. The Hall–Kier alpha value is -6.36. The van der Waals surface area contributed by atoms with Gasteiger partial charge in [-0.1, -0.05) is 152 Å². The van der Waals surface area contributed by atoms with Crippen LogP contribution in [0.1, 0.15) is 4.11 Å². The summed E-state index contributed by atoms with van der Waals surface area (Å²) in [5.74, 6) is 0. The molecule has 8 aromatic rings. The van der Waals surface area contributed by atoms with E-state index < -0.39 is 8.07 Å². The van der Waals surface area contributed by atoms with Gasteiger partial charge in [0.1, 0.15) is 0 Å². The Bertz CT molecular complexity index is 2790. The van der Waals surface area contributed by atoms with Crippen molar-refractivity contribution in [1.29, 1.82) is 0 Å². The minimum atomic E-state index is -2.81. The fraction of sp³-hybridized carbons (Fsp3) is 0. The Morgan fingerprint density at radius 2 is 0.923 bits per heavy atom. The highest BCUT2D eigenvalue weighted by Crippen LogP contribution is 2.44. The lowest BCUT2D eigenvalue weighted by Gasteiger charge is -2.44. The summed E-state index contributed by atoms with van der Waals surface area (Å²) < 4.78 is 28.6. The van der Waals surface area contributed by atoms with Crippen molar-refractivity contribution in [3.63, 3.8) is 0 Å². The monoisotopic (exact) mass is 679 g/mol. The predicted octanol–water partition coefficient (Wildman–Crippen LogP) is 7.13. The maximum absolute atomic E-state index is 9.72. The standard InChI is InChI=1S/C48H33BN2Si/c1-4-17-34(18-5-1)50-42-26-13-11-24-40(42)49-41-25-12-14-27-43(41)51(45-29-16-28-44(50)48(45)49)35-31-32-39-38-23-10-15-30-46(38)52(47(39)33-35,36-19-6-2-7-20-36)37-21-8-3-9-22-37/h1-33H/i16D,28D,29D. The maximum atomic E-state index is 9.72. The summed E-state index contributed by atoms with van der Waals surface area (Å²) in [4.78, 5) is 4.36. The van der Waals surface area contributed by atoms with Crippen LogP contribution in [0.2, 0.25) is 0 Å². The zero-order chi connectivity index (χ0) is 36.8. The number of benzene rings is 8. The molecule has 4 heteroatoms. The van der Waals surface area contributed by atoms with E-state index in [1.54, 1.807) is 0 Å². The fourth-order valence-electron chi connectivity index (χ4n) is 9.30. The molecule has 8 aromatic carbocycles. The van der Waals surface area contributed by atoms with Gasteiger partial charge in [0.05, 0.1) is 4.11 Å². The van der Waals surface area contributed by atoms with E-state index in [-0.39, 0.29) is 24.8 Å². The number of hydrogen-bond donors (Lipinski definition) is 0. The third-order valence-corrected chi connectivity index (χ3v) is 16.2. The van der Waals surface area contributed by atoms with E-state index in [0.717, 1.165) is 39.1 Å². The van der Waals surface area contributed by atoms with Crippen LogP contribution in [0.25, 0.3) is 11.1 Å². The molecule has 0 aromatic heterocycles. The van der Waals surface area contributed by atoms with Crippen molar-refractivity contribution in [1.82, 2.24) is 0 Å². The van der Waals surface area contributed by atoms with Crippen LogP contribution in [0, 0.1) is 0 Å². The van der Waals surface area contributed by atoms with Crippen LogP contribution in [0.15, 0.2) is 200 Å². The molecule has 0 bridgehead atoms. The molecule has 2 nitrogen and oxygen atoms in total. The molecule has 0 radical (unpaired) electrons. The molecule has 11 rings (SSSR count). The van der Waals surface area contributed by atoms with Crippen molar-refractivity contribution < 1.29 is 4.11 Å². The molecule has 0 fully saturated rings. The van der Waals surface area contributed by atoms with Crippen molar-refractivity contribution >= 4 is 86.0 Å². The summed E-state index contributed by atoms with van der Waals surface area (Å²) >= 11 is 0. The lowest BCUT2D eigenvalue weighted by Crippen LogP contribution is -2.72. The number of nitrogens with zero attached hydrogens (tertiary/aromatic N) is 2. The van der Waals surface area contributed by atoms with Crippen LogP contribution in [0.4, 0.5) is 34.1 Å². The van der Waals surface area contributed by atoms with Gasteiger partial charge in [-0.25, -0.2) is 0 Å². The van der Waals surface area contributed by atoms with Crippen molar-refractivity contribution in [3.05, 3.63) is 200 Å². The van der Waals surface area contributed by atoms with Gasteiger partial charge < -0.3 is 9.80 Å². The average molecular weight is 680 g/mol. The first-order chi connectivity index (χ1) is 27.1. The SMILES string of the molecule is [2H]c1c([2H])c2c3c(c1[2H])N(c1ccc4c(c1)[Si](c1ccccc1)(c1ccccc1)c1ccccc1-4)c1ccccc1B3c1ccccc1N2c1ccccc1. The Morgan fingerprint density at radius 3 is 1.56 bits per heavy atom. The van der Waals surface area contributed by atoms with Crippen LogP contribution in [-0.2, 0) is 0 Å². The highest BCUT2D eigenvalue weighted by molar-refractivity contribution is 7.22. The summed E-state index contributed by atoms with van der Waals surface area (Å²) in [7, 11) is -2.81. The second-order valence-corrected chi connectivity index (χ2v) is 17.5. The highest BCUT2D eigenvalue weighted by Gasteiger charge is 2.49. The summed E-state index contributed by atoms with van der Waals surface area (Å²) in [6.45, 7) is -0.219. The average Bonchev–Trinajstić information content (AvgIpc) is 3.55. The Kier molecular flexibility index (Phi) is 5.76. The molecule has 0 N–H and O–H groups in total. The molecule has 0 amide bonds. The zero-order valence-electron chi connectivity index (χ0n) is 31.3. The quantitative estimate of drug-likeness (QED) is 0.183. The van der Waals surface area contributed by atoms with Gasteiger partial charge in [-0.3, -0.25) is 0 Å². The first-order valence-electron chi connectivity index (χ1n) is 19.4. The minimum absolute atomic E-state index is 0.0639. The van der Waals surface area contributed by atoms with Crippen molar-refractivity contribution in [2.24, 2.45) is 0 Å². The predicted molar refractivity (Wildman–Crippen MR) is 223 cm³/mol. The van der Waals surface area contributed by atoms with Crippen LogP contribution < -0.4 is 46.9 Å². The number of para-hydroxylation sites is 3. The minimum Gasteiger partial charge on any atom is -0.311 e. The summed E-state index contributed by atoms with van der Waals surface area (Å²) in [6.07, 6.45) is 0. The van der Waals surface area contributed by atoms with Gasteiger partial charge in [0.25, 0.3) is 6.71 Å². The molecule has 242 valence electrons. The zero-order valence-corrected chi connectivity index (χ0v) is 29.3. The first kappa shape index (κ1) is 26.5. The largest absolute Gasteiger partial charge is 0.311 e. The molecule has 0 unspecified atom stereocenters. The van der Waals surface area contributed by atoms with Crippen LogP contribution in [0.3, 0.4) is 0 Å². The molecule has 0 aliphatic carbocycles. The summed E-state index contributed by atoms with van der Waals surface area (Å²) in [5.41, 5.74) is 10.8. The second-order valence-electron chi connectivity index (χ2n) is 13.8. The van der Waals surface area contributed by atoms with Gasteiger partial charge in [-0.2, -0.15) is 0 Å². The molecule has 0 atom stereocenters. The van der Waals surface area contributed by atoms with Gasteiger partial charge in [0.2, 0.25) is 0 Å². The van der Waals surface area contributed by atoms with Crippen LogP contribution in [0.5, 0.6) is 0 Å². The normalized spacial score (nSPS) is 15.0. The Morgan fingerprint density at radius 1 is 0.423 bits per heavy atom. The van der Waals surface area contributed by atoms with E-state index in [1.807, 2.05) is 24.3 Å². The second kappa shape index (κ2) is 11.3. The number of fused-ring (bicyclic) bond motifs is 7. The Balaban J connectivity index is 1.24. The van der Waals surface area contributed by atoms with E-state index in [4.69, 9.17) is 0 Å². The van der Waals surface area contributed by atoms with E-state index in [9.17, 15) is 4.11 Å². The van der Waals surface area contributed by atoms with E-state index in [1.165, 1.54) is 31.9 Å². The molecule has 3 heterocycles. The van der Waals surface area contributed by atoms with E-state index >= 15 is 0 Å². The van der Waals surface area contributed by atoms with Crippen LogP contribution >= 0.6 is 0 Å². The van der Waals surface area contributed by atoms with Gasteiger partial charge in [0.15, 0.2) is 8.07 Å². The molecular formula is C48H33BN2Si. The molecule has 0 saturated heterocycles. The molecule has 0 spiro atoms. The van der Waals surface area contributed by atoms with Crippen LogP contribution in [-0.4, -0.2) is 14.8 Å². The van der Waals surface area contributed by atoms with Gasteiger partial charge in [-0.15, -0.1) is 0 Å². The van der Waals surface area contributed by atoms with Crippen molar-refractivity contribution in [2.75, 3.05) is 9.80 Å². The van der Waals surface area contributed by atoms with Gasteiger partial charge in [-0.05, 0) is 96.7 Å². The number of anilines is 6. The third-order valence-electron chi connectivity index (χ3n) is 11.3. The highest BCUT2D eigenvalue weighted by atomic mass is 28.3. The Labute approximate surface area is 310 Å². The van der Waals surface area contributed by atoms with Gasteiger partial charge in [0, 0.05) is 34.1 Å². The number of rotatable bonds is 4. The first-order valence-corrected chi connectivity index (χ1v) is 19.9. The molecular weight excluding hydrogens is 643 g/mol. The van der Waals surface area contributed by atoms with Crippen molar-refractivity contribution in [3.8, 4) is 11.1 Å². The lowest BCUT2D eigenvalue weighted by molar-refractivity contribution is 1.25. The number of hydrogen-bond acceptors (Lipinski definition) is 2. The molecule has 52 heavy (non-hydrogen) atoms. The fourth-order valence-corrected chi connectivity index (χ4v) is 14.5. The smallest absolute Gasteiger partial charge is 0.252 e. The van der Waals surface area contributed by atoms with Gasteiger partial charge >= 0.3 is 0 Å². The molecule has 3 aliphatic rings.